The number of ether oxygens (including phenoxy) is 2. The smallest absolute Gasteiger partial charge is 0.227 e. The number of rotatable bonds is 4. The summed E-state index contributed by atoms with van der Waals surface area (Å²) in [5, 5.41) is 0.859. The van der Waals surface area contributed by atoms with Gasteiger partial charge in [-0.1, -0.05) is 0 Å². The zero-order chi connectivity index (χ0) is 18.8. The molecular formula is C20H20FN3O3. The van der Waals surface area contributed by atoms with Gasteiger partial charge in [0.2, 0.25) is 5.91 Å². The third kappa shape index (κ3) is 3.64. The zero-order valence-corrected chi connectivity index (χ0v) is 15.0. The van der Waals surface area contributed by atoms with Crippen molar-refractivity contribution >= 4 is 16.9 Å². The summed E-state index contributed by atoms with van der Waals surface area (Å²) < 4.78 is 24.3. The lowest BCUT2D eigenvalue weighted by Crippen LogP contribution is -2.41. The molecule has 4 rings (SSSR count). The van der Waals surface area contributed by atoms with Gasteiger partial charge in [0.15, 0.2) is 0 Å². The number of nitrogens with one attached hydrogen (secondary N) is 1. The first-order valence-corrected chi connectivity index (χ1v) is 8.80. The van der Waals surface area contributed by atoms with Crippen LogP contribution in [0.2, 0.25) is 0 Å². The second-order valence-electron chi connectivity index (χ2n) is 6.48. The highest BCUT2D eigenvalue weighted by atomic mass is 19.1. The molecule has 1 fully saturated rings. The van der Waals surface area contributed by atoms with Crippen molar-refractivity contribution in [3.05, 3.63) is 48.0 Å². The number of aromatic amines is 1. The number of morpholine rings is 1. The minimum atomic E-state index is -0.374. The van der Waals surface area contributed by atoms with Crippen LogP contribution in [-0.2, 0) is 16.0 Å². The third-order valence-electron chi connectivity index (χ3n) is 4.76. The van der Waals surface area contributed by atoms with Crippen molar-refractivity contribution in [3.63, 3.8) is 0 Å². The monoisotopic (exact) mass is 369 g/mol. The number of carbonyl (C=O) groups is 1. The molecule has 2 aromatic heterocycles. The standard InChI is InChI=1S/C20H20FN3O3/c1-26-17-7-13(6-16(21)10-17)14-8-18-15(12-23-20(18)22-11-14)9-19(25)24-2-4-27-5-3-24/h6-8,10-12H,2-5,9H2,1H3,(H,22,23). The van der Waals surface area contributed by atoms with Crippen LogP contribution in [0, 0.1) is 5.82 Å². The van der Waals surface area contributed by atoms with Crippen LogP contribution >= 0.6 is 0 Å². The SMILES string of the molecule is COc1cc(F)cc(-c2cnc3[nH]cc(CC(=O)N4CCOCC4)c3c2)c1. The summed E-state index contributed by atoms with van der Waals surface area (Å²) >= 11 is 0. The molecule has 0 saturated carbocycles. The first-order valence-electron chi connectivity index (χ1n) is 8.80. The van der Waals surface area contributed by atoms with Crippen LogP contribution < -0.4 is 4.74 Å². The van der Waals surface area contributed by atoms with E-state index in [2.05, 4.69) is 9.97 Å². The topological polar surface area (TPSA) is 67.5 Å². The molecule has 0 unspecified atom stereocenters. The highest BCUT2D eigenvalue weighted by Gasteiger charge is 2.19. The fourth-order valence-electron chi connectivity index (χ4n) is 3.30. The first-order chi connectivity index (χ1) is 13.1. The van der Waals surface area contributed by atoms with Gasteiger partial charge in [-0.2, -0.15) is 0 Å². The molecule has 1 saturated heterocycles. The van der Waals surface area contributed by atoms with Gasteiger partial charge in [0.25, 0.3) is 0 Å². The Kier molecular flexibility index (Phi) is 4.77. The van der Waals surface area contributed by atoms with E-state index >= 15 is 0 Å². The number of benzene rings is 1. The maximum atomic E-state index is 13.8. The molecule has 0 bridgehead atoms. The summed E-state index contributed by atoms with van der Waals surface area (Å²) in [6.07, 6.45) is 3.78. The molecule has 1 aliphatic rings. The van der Waals surface area contributed by atoms with Gasteiger partial charge in [0.05, 0.1) is 26.7 Å². The van der Waals surface area contributed by atoms with E-state index in [-0.39, 0.29) is 18.1 Å². The summed E-state index contributed by atoms with van der Waals surface area (Å²) in [5.41, 5.74) is 3.01. The largest absolute Gasteiger partial charge is 0.497 e. The Balaban J connectivity index is 1.65. The van der Waals surface area contributed by atoms with Crippen molar-refractivity contribution < 1.29 is 18.7 Å². The average molecular weight is 369 g/mol. The number of hydrogen-bond acceptors (Lipinski definition) is 4. The van der Waals surface area contributed by atoms with Gasteiger partial charge in [0.1, 0.15) is 17.2 Å². The minimum absolute atomic E-state index is 0.0667. The van der Waals surface area contributed by atoms with E-state index < -0.39 is 0 Å². The molecule has 0 spiro atoms. The Bertz CT molecular complexity index is 980. The van der Waals surface area contributed by atoms with Crippen molar-refractivity contribution in [1.82, 2.24) is 14.9 Å². The van der Waals surface area contributed by atoms with Gasteiger partial charge in [-0.25, -0.2) is 9.37 Å². The Hall–Kier alpha value is -2.93. The van der Waals surface area contributed by atoms with E-state index in [0.717, 1.165) is 16.5 Å². The number of aromatic nitrogens is 2. The van der Waals surface area contributed by atoms with Gasteiger partial charge in [-0.3, -0.25) is 4.79 Å². The van der Waals surface area contributed by atoms with Crippen LogP contribution in [0.4, 0.5) is 4.39 Å². The number of fused-ring (bicyclic) bond motifs is 1. The normalized spacial score (nSPS) is 14.5. The second kappa shape index (κ2) is 7.36. The molecule has 0 radical (unpaired) electrons. The quantitative estimate of drug-likeness (QED) is 0.768. The molecule has 0 atom stereocenters. The van der Waals surface area contributed by atoms with Crippen molar-refractivity contribution in [2.45, 2.75) is 6.42 Å². The number of nitrogens with zero attached hydrogens (tertiary/aromatic N) is 2. The summed E-state index contributed by atoms with van der Waals surface area (Å²) in [5.74, 6) is 0.139. The molecule has 1 amide bonds. The van der Waals surface area contributed by atoms with Crippen molar-refractivity contribution in [2.75, 3.05) is 33.4 Å². The lowest BCUT2D eigenvalue weighted by atomic mass is 10.0. The number of H-pyrrole nitrogens is 1. The molecule has 1 N–H and O–H groups in total. The van der Waals surface area contributed by atoms with Crippen LogP contribution in [0.1, 0.15) is 5.56 Å². The predicted molar refractivity (Wildman–Crippen MR) is 99.1 cm³/mol. The van der Waals surface area contributed by atoms with Crippen LogP contribution in [0.25, 0.3) is 22.2 Å². The predicted octanol–water partition coefficient (Wildman–Crippen LogP) is 2.78. The van der Waals surface area contributed by atoms with Crippen molar-refractivity contribution in [2.24, 2.45) is 0 Å². The van der Waals surface area contributed by atoms with Gasteiger partial charge in [-0.15, -0.1) is 0 Å². The summed E-state index contributed by atoms with van der Waals surface area (Å²) in [4.78, 5) is 21.9. The number of methoxy groups -OCH3 is 1. The Morgan fingerprint density at radius 2 is 2.07 bits per heavy atom. The highest BCUT2D eigenvalue weighted by molar-refractivity contribution is 5.89. The average Bonchev–Trinajstić information content (AvgIpc) is 3.10. The second-order valence-corrected chi connectivity index (χ2v) is 6.48. The maximum absolute atomic E-state index is 13.8. The van der Waals surface area contributed by atoms with Crippen LogP contribution in [0.3, 0.4) is 0 Å². The molecule has 3 aromatic rings. The van der Waals surface area contributed by atoms with Crippen LogP contribution in [0.5, 0.6) is 5.75 Å². The number of hydrogen-bond donors (Lipinski definition) is 1. The molecule has 140 valence electrons. The minimum Gasteiger partial charge on any atom is -0.497 e. The molecule has 6 nitrogen and oxygen atoms in total. The molecule has 0 aliphatic carbocycles. The maximum Gasteiger partial charge on any atom is 0.227 e. The Morgan fingerprint density at radius 1 is 1.26 bits per heavy atom. The lowest BCUT2D eigenvalue weighted by Gasteiger charge is -2.26. The molecule has 3 heterocycles. The summed E-state index contributed by atoms with van der Waals surface area (Å²) in [7, 11) is 1.50. The summed E-state index contributed by atoms with van der Waals surface area (Å²) in [6.45, 7) is 2.39. The van der Waals surface area contributed by atoms with E-state index in [1.807, 2.05) is 17.2 Å². The molecule has 1 aromatic carbocycles. The van der Waals surface area contributed by atoms with Crippen LogP contribution in [-0.4, -0.2) is 54.2 Å². The third-order valence-corrected chi connectivity index (χ3v) is 4.76. The fourth-order valence-corrected chi connectivity index (χ4v) is 3.30. The Labute approximate surface area is 155 Å². The number of halogens is 1. The first kappa shape index (κ1) is 17.5. The molecular weight excluding hydrogens is 349 g/mol. The van der Waals surface area contributed by atoms with E-state index in [1.165, 1.54) is 19.2 Å². The summed E-state index contributed by atoms with van der Waals surface area (Å²) in [6, 6.07) is 6.46. The van der Waals surface area contributed by atoms with Crippen molar-refractivity contribution in [3.8, 4) is 16.9 Å². The molecule has 7 heteroatoms. The lowest BCUT2D eigenvalue weighted by molar-refractivity contribution is -0.134. The van der Waals surface area contributed by atoms with E-state index in [9.17, 15) is 9.18 Å². The van der Waals surface area contributed by atoms with E-state index in [1.54, 1.807) is 12.3 Å². The van der Waals surface area contributed by atoms with Gasteiger partial charge in [-0.05, 0) is 29.3 Å². The van der Waals surface area contributed by atoms with E-state index in [0.29, 0.717) is 43.3 Å². The van der Waals surface area contributed by atoms with Gasteiger partial charge >= 0.3 is 0 Å². The van der Waals surface area contributed by atoms with Crippen LogP contribution in [0.15, 0.2) is 36.7 Å². The number of carbonyl (C=O) groups excluding carboxylic acids is 1. The Morgan fingerprint density at radius 3 is 2.85 bits per heavy atom. The highest BCUT2D eigenvalue weighted by Crippen LogP contribution is 2.28. The molecule has 1 aliphatic heterocycles. The van der Waals surface area contributed by atoms with Gasteiger partial charge in [0, 0.05) is 42.5 Å². The molecule has 27 heavy (non-hydrogen) atoms. The number of pyridine rings is 1. The van der Waals surface area contributed by atoms with Gasteiger partial charge < -0.3 is 19.4 Å². The fraction of sp³-hybridized carbons (Fsp3) is 0.300. The van der Waals surface area contributed by atoms with Crippen molar-refractivity contribution in [1.29, 1.82) is 0 Å². The van der Waals surface area contributed by atoms with E-state index in [4.69, 9.17) is 9.47 Å². The number of amides is 1. The zero-order valence-electron chi connectivity index (χ0n) is 15.0.